The third-order valence-electron chi connectivity index (χ3n) is 4.42. The molecule has 2 fully saturated rings. The van der Waals surface area contributed by atoms with Crippen molar-refractivity contribution >= 4 is 10.2 Å². The lowest BCUT2D eigenvalue weighted by molar-refractivity contribution is 0.271. The summed E-state index contributed by atoms with van der Waals surface area (Å²) in [5.41, 5.74) is 0. The van der Waals surface area contributed by atoms with Gasteiger partial charge < -0.3 is 0 Å². The average molecular weight is 285 g/mol. The first-order chi connectivity index (χ1) is 9.07. The highest BCUT2D eigenvalue weighted by Crippen LogP contribution is 2.37. The Bertz CT molecular complexity index is 437. The van der Waals surface area contributed by atoms with Crippen molar-refractivity contribution in [3.8, 4) is 6.07 Å². The van der Waals surface area contributed by atoms with E-state index in [0.717, 1.165) is 12.8 Å². The minimum absolute atomic E-state index is 0.192. The summed E-state index contributed by atoms with van der Waals surface area (Å²) in [5, 5.41) is 8.59. The van der Waals surface area contributed by atoms with Crippen molar-refractivity contribution < 1.29 is 8.42 Å². The topological polar surface area (TPSA) is 64.4 Å². The molecular weight excluding hydrogens is 262 g/mol. The zero-order valence-corrected chi connectivity index (χ0v) is 12.4. The smallest absolute Gasteiger partial charge is 0.198 e. The molecule has 19 heavy (non-hydrogen) atoms. The predicted octanol–water partition coefficient (Wildman–Crippen LogP) is 1.73. The Morgan fingerprint density at radius 2 is 1.95 bits per heavy atom. The number of rotatable bonds is 5. The lowest BCUT2D eigenvalue weighted by Crippen LogP contribution is -2.46. The molecule has 0 radical (unpaired) electrons. The molecule has 1 atom stereocenters. The average Bonchev–Trinajstić information content (AvgIpc) is 3.04. The van der Waals surface area contributed by atoms with Crippen molar-refractivity contribution in [2.24, 2.45) is 5.92 Å². The Morgan fingerprint density at radius 3 is 2.58 bits per heavy atom. The van der Waals surface area contributed by atoms with Crippen molar-refractivity contribution in [1.29, 1.82) is 5.26 Å². The standard InChI is InChI=1S/C13H23N3O2S/c1-15(10-5-9-14)19(17,18)16-11-4-8-13(16)12-6-2-3-7-12/h12-13H,2-8,10-11H2,1H3/t13-/m1/s1. The molecule has 2 rings (SSSR count). The van der Waals surface area contributed by atoms with E-state index >= 15 is 0 Å². The van der Waals surface area contributed by atoms with Crippen LogP contribution in [0.1, 0.15) is 44.9 Å². The summed E-state index contributed by atoms with van der Waals surface area (Å²) in [7, 11) is -1.80. The van der Waals surface area contributed by atoms with Crippen LogP contribution in [0.15, 0.2) is 0 Å². The van der Waals surface area contributed by atoms with Crippen molar-refractivity contribution in [1.82, 2.24) is 8.61 Å². The minimum Gasteiger partial charge on any atom is -0.198 e. The van der Waals surface area contributed by atoms with Gasteiger partial charge in [-0.3, -0.25) is 0 Å². The first kappa shape index (κ1) is 14.8. The van der Waals surface area contributed by atoms with Gasteiger partial charge in [-0.2, -0.15) is 22.3 Å². The van der Waals surface area contributed by atoms with Crippen LogP contribution in [0.5, 0.6) is 0 Å². The van der Waals surface area contributed by atoms with Gasteiger partial charge in [-0.05, 0) is 31.6 Å². The molecule has 5 nitrogen and oxygen atoms in total. The lowest BCUT2D eigenvalue weighted by Gasteiger charge is -2.31. The van der Waals surface area contributed by atoms with Crippen LogP contribution >= 0.6 is 0 Å². The monoisotopic (exact) mass is 285 g/mol. The van der Waals surface area contributed by atoms with E-state index in [1.807, 2.05) is 6.07 Å². The van der Waals surface area contributed by atoms with Crippen LogP contribution in [-0.4, -0.2) is 43.2 Å². The van der Waals surface area contributed by atoms with Gasteiger partial charge in [0.25, 0.3) is 10.2 Å². The zero-order chi connectivity index (χ0) is 13.9. The number of nitriles is 1. The Kier molecular flexibility index (Phi) is 4.82. The fourth-order valence-corrected chi connectivity index (χ4v) is 5.03. The van der Waals surface area contributed by atoms with Crippen molar-refractivity contribution in [3.05, 3.63) is 0 Å². The van der Waals surface area contributed by atoms with Crippen LogP contribution in [0.2, 0.25) is 0 Å². The highest BCUT2D eigenvalue weighted by molar-refractivity contribution is 7.86. The third-order valence-corrected chi connectivity index (χ3v) is 6.44. The van der Waals surface area contributed by atoms with E-state index in [4.69, 9.17) is 5.26 Å². The van der Waals surface area contributed by atoms with Gasteiger partial charge in [-0.15, -0.1) is 0 Å². The van der Waals surface area contributed by atoms with Crippen LogP contribution in [0.3, 0.4) is 0 Å². The summed E-state index contributed by atoms with van der Waals surface area (Å²) < 4.78 is 28.1. The summed E-state index contributed by atoms with van der Waals surface area (Å²) in [4.78, 5) is 0. The van der Waals surface area contributed by atoms with Gasteiger partial charge in [-0.1, -0.05) is 12.8 Å². The summed E-state index contributed by atoms with van der Waals surface area (Å²) in [6.45, 7) is 0.924. The maximum absolute atomic E-state index is 12.5. The largest absolute Gasteiger partial charge is 0.282 e. The van der Waals surface area contributed by atoms with E-state index in [-0.39, 0.29) is 19.0 Å². The van der Waals surface area contributed by atoms with Gasteiger partial charge in [-0.25, -0.2) is 0 Å². The maximum Gasteiger partial charge on any atom is 0.282 e. The third kappa shape index (κ3) is 3.10. The molecule has 0 spiro atoms. The molecular formula is C13H23N3O2S. The molecule has 2 aliphatic rings. The van der Waals surface area contributed by atoms with Gasteiger partial charge in [0, 0.05) is 32.6 Å². The van der Waals surface area contributed by atoms with Gasteiger partial charge in [0.2, 0.25) is 0 Å². The molecule has 108 valence electrons. The first-order valence-electron chi connectivity index (χ1n) is 7.17. The number of hydrogen-bond donors (Lipinski definition) is 0. The van der Waals surface area contributed by atoms with Crippen LogP contribution in [0, 0.1) is 17.2 Å². The molecule has 0 aromatic heterocycles. The van der Waals surface area contributed by atoms with Crippen molar-refractivity contribution in [2.45, 2.75) is 51.0 Å². The fourth-order valence-electron chi connectivity index (χ4n) is 3.37. The van der Waals surface area contributed by atoms with Crippen molar-refractivity contribution in [3.63, 3.8) is 0 Å². The summed E-state index contributed by atoms with van der Waals surface area (Å²) >= 11 is 0. The predicted molar refractivity (Wildman–Crippen MR) is 73.5 cm³/mol. The van der Waals surface area contributed by atoms with E-state index in [2.05, 4.69) is 0 Å². The highest BCUT2D eigenvalue weighted by Gasteiger charge is 2.41. The second-order valence-corrected chi connectivity index (χ2v) is 7.59. The normalized spacial score (nSPS) is 26.1. The molecule has 1 saturated carbocycles. The van der Waals surface area contributed by atoms with Gasteiger partial charge in [0.1, 0.15) is 0 Å². The number of nitrogens with zero attached hydrogens (tertiary/aromatic N) is 3. The minimum atomic E-state index is -3.38. The molecule has 0 aromatic carbocycles. The SMILES string of the molecule is CN(CCC#N)S(=O)(=O)N1CCC[C@@H]1C1CCCC1. The Balaban J connectivity index is 2.07. The van der Waals surface area contributed by atoms with Crippen molar-refractivity contribution in [2.75, 3.05) is 20.1 Å². The van der Waals surface area contributed by atoms with Crippen LogP contribution in [-0.2, 0) is 10.2 Å². The molecule has 1 aliphatic carbocycles. The quantitative estimate of drug-likeness (QED) is 0.772. The van der Waals surface area contributed by atoms with E-state index < -0.39 is 10.2 Å². The second kappa shape index (κ2) is 6.21. The van der Waals surface area contributed by atoms with Crippen LogP contribution in [0.25, 0.3) is 0 Å². The first-order valence-corrected chi connectivity index (χ1v) is 8.57. The Morgan fingerprint density at radius 1 is 1.26 bits per heavy atom. The molecule has 0 amide bonds. The summed E-state index contributed by atoms with van der Waals surface area (Å²) in [6.07, 6.45) is 7.01. The highest BCUT2D eigenvalue weighted by atomic mass is 32.2. The molecule has 0 aromatic rings. The van der Waals surface area contributed by atoms with E-state index in [9.17, 15) is 8.42 Å². The zero-order valence-electron chi connectivity index (χ0n) is 11.6. The van der Waals surface area contributed by atoms with Crippen LogP contribution in [0.4, 0.5) is 0 Å². The summed E-state index contributed by atoms with van der Waals surface area (Å²) in [6, 6.07) is 2.19. The van der Waals surface area contributed by atoms with E-state index in [0.29, 0.717) is 12.5 Å². The fraction of sp³-hybridized carbons (Fsp3) is 0.923. The van der Waals surface area contributed by atoms with Gasteiger partial charge in [0.15, 0.2) is 0 Å². The molecule has 0 unspecified atom stereocenters. The Labute approximate surface area is 116 Å². The molecule has 1 aliphatic heterocycles. The molecule has 6 heteroatoms. The van der Waals surface area contributed by atoms with Gasteiger partial charge >= 0.3 is 0 Å². The van der Waals surface area contributed by atoms with Gasteiger partial charge in [0.05, 0.1) is 6.07 Å². The molecule has 0 bridgehead atoms. The maximum atomic E-state index is 12.5. The second-order valence-electron chi connectivity index (χ2n) is 5.60. The summed E-state index contributed by atoms with van der Waals surface area (Å²) in [5.74, 6) is 0.543. The molecule has 1 saturated heterocycles. The van der Waals surface area contributed by atoms with Crippen LogP contribution < -0.4 is 0 Å². The molecule has 0 N–H and O–H groups in total. The van der Waals surface area contributed by atoms with E-state index in [1.54, 1.807) is 11.4 Å². The lowest BCUT2D eigenvalue weighted by atomic mass is 9.97. The van der Waals surface area contributed by atoms with E-state index in [1.165, 1.54) is 30.0 Å². The molecule has 1 heterocycles. The number of hydrogen-bond acceptors (Lipinski definition) is 3. The Hall–Kier alpha value is -0.640.